The van der Waals surface area contributed by atoms with Crippen molar-refractivity contribution in [1.29, 1.82) is 0 Å². The summed E-state index contributed by atoms with van der Waals surface area (Å²) in [7, 11) is 0. The zero-order valence-corrected chi connectivity index (χ0v) is 12.5. The molecule has 20 heavy (non-hydrogen) atoms. The van der Waals surface area contributed by atoms with Crippen molar-refractivity contribution in [2.24, 2.45) is 0 Å². The Morgan fingerprint density at radius 3 is 2.85 bits per heavy atom. The summed E-state index contributed by atoms with van der Waals surface area (Å²) >= 11 is 0. The number of phenols is 1. The van der Waals surface area contributed by atoms with Gasteiger partial charge in [0.1, 0.15) is 5.75 Å². The predicted octanol–water partition coefficient (Wildman–Crippen LogP) is 2.44. The van der Waals surface area contributed by atoms with Gasteiger partial charge in [-0.1, -0.05) is 12.1 Å². The third kappa shape index (κ3) is 2.80. The fourth-order valence-electron chi connectivity index (χ4n) is 2.95. The second-order valence-electron chi connectivity index (χ2n) is 5.72. The van der Waals surface area contributed by atoms with Gasteiger partial charge >= 0.3 is 0 Å². The van der Waals surface area contributed by atoms with E-state index in [-0.39, 0.29) is 17.7 Å². The monoisotopic (exact) mass is 276 g/mol. The largest absolute Gasteiger partial charge is 0.508 e. The van der Waals surface area contributed by atoms with E-state index in [1.165, 1.54) is 0 Å². The summed E-state index contributed by atoms with van der Waals surface area (Å²) < 4.78 is 0. The summed E-state index contributed by atoms with van der Waals surface area (Å²) in [6, 6.07) is 7.10. The summed E-state index contributed by atoms with van der Waals surface area (Å²) in [5.74, 6) is 0.386. The summed E-state index contributed by atoms with van der Waals surface area (Å²) in [6.45, 7) is 7.55. The van der Waals surface area contributed by atoms with Crippen LogP contribution in [0, 0.1) is 0 Å². The molecule has 1 aliphatic rings. The quantitative estimate of drug-likeness (QED) is 0.888. The molecule has 0 aliphatic carbocycles. The van der Waals surface area contributed by atoms with Crippen molar-refractivity contribution in [2.45, 2.75) is 45.2 Å². The molecule has 0 radical (unpaired) electrons. The maximum atomic E-state index is 12.8. The smallest absolute Gasteiger partial charge is 0.243 e. The minimum absolute atomic E-state index is 0.0428. The fraction of sp³-hybridized carbons (Fsp3) is 0.562. The Bertz CT molecular complexity index is 481. The lowest BCUT2D eigenvalue weighted by Crippen LogP contribution is -2.53. The van der Waals surface area contributed by atoms with Crippen molar-refractivity contribution in [3.05, 3.63) is 29.8 Å². The Morgan fingerprint density at radius 2 is 2.30 bits per heavy atom. The molecule has 1 aliphatic heterocycles. The summed E-state index contributed by atoms with van der Waals surface area (Å²) in [4.78, 5) is 14.7. The number of hydrogen-bond acceptors (Lipinski definition) is 3. The van der Waals surface area contributed by atoms with Crippen molar-refractivity contribution in [3.63, 3.8) is 0 Å². The number of carbonyl (C=O) groups is 1. The molecule has 2 unspecified atom stereocenters. The number of likely N-dealkylation sites (N-methyl/N-ethyl adjacent to an activating group) is 1. The molecule has 1 heterocycles. The molecular formula is C16H24N2O2. The zero-order chi connectivity index (χ0) is 14.8. The van der Waals surface area contributed by atoms with E-state index in [9.17, 15) is 9.90 Å². The highest BCUT2D eigenvalue weighted by atomic mass is 16.3. The third-order valence-electron chi connectivity index (χ3n) is 4.26. The van der Waals surface area contributed by atoms with E-state index in [2.05, 4.69) is 5.32 Å². The van der Waals surface area contributed by atoms with Gasteiger partial charge in [0.05, 0.1) is 11.6 Å². The van der Waals surface area contributed by atoms with Crippen LogP contribution >= 0.6 is 0 Å². The van der Waals surface area contributed by atoms with Gasteiger partial charge in [-0.2, -0.15) is 0 Å². The highest BCUT2D eigenvalue weighted by molar-refractivity contribution is 5.86. The lowest BCUT2D eigenvalue weighted by Gasteiger charge is -2.35. The number of nitrogens with zero attached hydrogens (tertiary/aromatic N) is 1. The Balaban J connectivity index is 2.21. The molecule has 2 atom stereocenters. The normalized spacial score (nSPS) is 23.6. The van der Waals surface area contributed by atoms with Crippen molar-refractivity contribution in [3.8, 4) is 5.75 Å². The molecule has 1 saturated heterocycles. The molecule has 2 N–H and O–H groups in total. The number of rotatable bonds is 4. The fourth-order valence-corrected chi connectivity index (χ4v) is 2.95. The van der Waals surface area contributed by atoms with E-state index < -0.39 is 5.54 Å². The van der Waals surface area contributed by atoms with Crippen LogP contribution in [-0.4, -0.2) is 34.5 Å². The molecular weight excluding hydrogens is 252 g/mol. The Labute approximate surface area is 120 Å². The van der Waals surface area contributed by atoms with Gasteiger partial charge in [0.2, 0.25) is 5.91 Å². The molecule has 1 aromatic carbocycles. The van der Waals surface area contributed by atoms with Gasteiger partial charge in [-0.3, -0.25) is 4.79 Å². The first kappa shape index (κ1) is 14.9. The van der Waals surface area contributed by atoms with Crippen LogP contribution in [0.3, 0.4) is 0 Å². The van der Waals surface area contributed by atoms with Gasteiger partial charge < -0.3 is 15.3 Å². The average molecular weight is 276 g/mol. The van der Waals surface area contributed by atoms with Crippen LogP contribution < -0.4 is 5.32 Å². The van der Waals surface area contributed by atoms with E-state index in [0.717, 1.165) is 24.9 Å². The van der Waals surface area contributed by atoms with E-state index in [1.54, 1.807) is 12.1 Å². The van der Waals surface area contributed by atoms with Gasteiger partial charge in [0.25, 0.3) is 0 Å². The average Bonchev–Trinajstić information content (AvgIpc) is 2.87. The van der Waals surface area contributed by atoms with E-state index in [4.69, 9.17) is 0 Å². The van der Waals surface area contributed by atoms with Gasteiger partial charge in [0, 0.05) is 6.54 Å². The number of hydrogen-bond donors (Lipinski definition) is 2. The van der Waals surface area contributed by atoms with Crippen LogP contribution in [0.5, 0.6) is 5.75 Å². The number of aromatic hydroxyl groups is 1. The van der Waals surface area contributed by atoms with Crippen molar-refractivity contribution in [2.75, 3.05) is 13.1 Å². The van der Waals surface area contributed by atoms with Gasteiger partial charge in [-0.05, 0) is 57.9 Å². The maximum Gasteiger partial charge on any atom is 0.243 e. The first-order chi connectivity index (χ1) is 9.48. The SMILES string of the molecule is CCN(C(=O)C1(C)CCCN1)C(C)c1cccc(O)c1. The maximum absolute atomic E-state index is 12.8. The van der Waals surface area contributed by atoms with Gasteiger partial charge in [-0.25, -0.2) is 0 Å². The lowest BCUT2D eigenvalue weighted by molar-refractivity contribution is -0.139. The molecule has 0 bridgehead atoms. The van der Waals surface area contributed by atoms with Crippen LogP contribution in [0.1, 0.15) is 45.2 Å². The molecule has 4 heteroatoms. The van der Waals surface area contributed by atoms with E-state index in [1.807, 2.05) is 37.8 Å². The molecule has 0 saturated carbocycles. The van der Waals surface area contributed by atoms with E-state index in [0.29, 0.717) is 6.54 Å². The zero-order valence-electron chi connectivity index (χ0n) is 12.5. The van der Waals surface area contributed by atoms with Crippen LogP contribution in [0.25, 0.3) is 0 Å². The number of benzene rings is 1. The van der Waals surface area contributed by atoms with Crippen LogP contribution in [-0.2, 0) is 4.79 Å². The van der Waals surface area contributed by atoms with Gasteiger partial charge in [0.15, 0.2) is 0 Å². The Hall–Kier alpha value is -1.55. The van der Waals surface area contributed by atoms with Crippen LogP contribution in [0.2, 0.25) is 0 Å². The standard InChI is InChI=1S/C16H24N2O2/c1-4-18(15(20)16(3)9-6-10-17-16)12(2)13-7-5-8-14(19)11-13/h5,7-8,11-12,17,19H,4,6,9-10H2,1-3H3. The predicted molar refractivity (Wildman–Crippen MR) is 79.6 cm³/mol. The molecule has 0 spiro atoms. The molecule has 0 aromatic heterocycles. The first-order valence-corrected chi connectivity index (χ1v) is 7.33. The second kappa shape index (κ2) is 5.83. The summed E-state index contributed by atoms with van der Waals surface area (Å²) in [5, 5.41) is 12.9. The van der Waals surface area contributed by atoms with Crippen molar-refractivity contribution >= 4 is 5.91 Å². The minimum Gasteiger partial charge on any atom is -0.508 e. The van der Waals surface area contributed by atoms with Crippen molar-refractivity contribution in [1.82, 2.24) is 10.2 Å². The highest BCUT2D eigenvalue weighted by Gasteiger charge is 2.39. The van der Waals surface area contributed by atoms with Crippen molar-refractivity contribution < 1.29 is 9.90 Å². The minimum atomic E-state index is -0.443. The molecule has 1 aromatic rings. The molecule has 110 valence electrons. The number of nitrogens with one attached hydrogen (secondary N) is 1. The molecule has 1 amide bonds. The number of amides is 1. The number of phenolic OH excluding ortho intramolecular Hbond substituents is 1. The Morgan fingerprint density at radius 1 is 1.55 bits per heavy atom. The lowest BCUT2D eigenvalue weighted by atomic mass is 9.96. The molecule has 1 fully saturated rings. The number of carbonyl (C=O) groups excluding carboxylic acids is 1. The molecule has 2 rings (SSSR count). The second-order valence-corrected chi connectivity index (χ2v) is 5.72. The summed E-state index contributed by atoms with van der Waals surface area (Å²) in [5.41, 5.74) is 0.517. The summed E-state index contributed by atoms with van der Waals surface area (Å²) in [6.07, 6.45) is 1.93. The van der Waals surface area contributed by atoms with Crippen LogP contribution in [0.15, 0.2) is 24.3 Å². The molecule has 4 nitrogen and oxygen atoms in total. The van der Waals surface area contributed by atoms with Crippen LogP contribution in [0.4, 0.5) is 0 Å². The van der Waals surface area contributed by atoms with E-state index >= 15 is 0 Å². The topological polar surface area (TPSA) is 52.6 Å². The highest BCUT2D eigenvalue weighted by Crippen LogP contribution is 2.28. The third-order valence-corrected chi connectivity index (χ3v) is 4.26. The Kier molecular flexibility index (Phi) is 4.33. The first-order valence-electron chi connectivity index (χ1n) is 7.33. The van der Waals surface area contributed by atoms with Gasteiger partial charge in [-0.15, -0.1) is 0 Å².